The Morgan fingerprint density at radius 1 is 1.20 bits per heavy atom. The van der Waals surface area contributed by atoms with E-state index in [9.17, 15) is 18.0 Å². The Bertz CT molecular complexity index is 1040. The monoisotopic (exact) mass is 498 g/mol. The highest BCUT2D eigenvalue weighted by atomic mass is 79.9. The molecule has 1 aliphatic heterocycles. The lowest BCUT2D eigenvalue weighted by molar-refractivity contribution is -0.142. The molecule has 0 spiro atoms. The number of halogens is 1. The number of furan rings is 1. The third-order valence-electron chi connectivity index (χ3n) is 4.05. The minimum atomic E-state index is -3.68. The number of ether oxygens (including phenoxy) is 2. The number of nitrogens with zero attached hydrogens (tertiary/aromatic N) is 1. The van der Waals surface area contributed by atoms with Crippen molar-refractivity contribution in [1.82, 2.24) is 4.31 Å². The molecule has 1 aromatic carbocycles. The number of nitrogens with one attached hydrogen (secondary N) is 1. The molecule has 1 aliphatic rings. The fourth-order valence-electron chi connectivity index (χ4n) is 2.62. The summed E-state index contributed by atoms with van der Waals surface area (Å²) in [5, 5.41) is 2.52. The standard InChI is InChI=1S/C19H19BrN2O7S/c20-17-6-4-15(29-17)5-7-19(24)28-13-18(23)21-14-2-1-3-16(12-14)30(25,26)22-8-10-27-11-9-22/h1-7,12H,8-11,13H2,(H,21,23). The molecule has 160 valence electrons. The molecule has 1 fully saturated rings. The number of hydrogen-bond donors (Lipinski definition) is 1. The largest absolute Gasteiger partial charge is 0.452 e. The van der Waals surface area contributed by atoms with E-state index >= 15 is 0 Å². The summed E-state index contributed by atoms with van der Waals surface area (Å²) in [6.45, 7) is 0.708. The zero-order valence-electron chi connectivity index (χ0n) is 15.7. The van der Waals surface area contributed by atoms with Gasteiger partial charge < -0.3 is 19.2 Å². The van der Waals surface area contributed by atoms with Crippen LogP contribution < -0.4 is 5.32 Å². The van der Waals surface area contributed by atoms with E-state index in [0.717, 1.165) is 6.08 Å². The summed E-state index contributed by atoms with van der Waals surface area (Å²) < 4.78 is 42.5. The van der Waals surface area contributed by atoms with Crippen LogP contribution in [-0.2, 0) is 29.1 Å². The number of benzene rings is 1. The quantitative estimate of drug-likeness (QED) is 0.459. The van der Waals surface area contributed by atoms with Crippen molar-refractivity contribution in [3.8, 4) is 0 Å². The molecule has 30 heavy (non-hydrogen) atoms. The maximum absolute atomic E-state index is 12.7. The fourth-order valence-corrected chi connectivity index (χ4v) is 4.39. The number of anilines is 1. The van der Waals surface area contributed by atoms with Crippen LogP contribution in [0.5, 0.6) is 0 Å². The number of carbonyl (C=O) groups is 2. The summed E-state index contributed by atoms with van der Waals surface area (Å²) in [4.78, 5) is 23.8. The number of rotatable bonds is 7. The molecule has 0 aliphatic carbocycles. The van der Waals surface area contributed by atoms with Gasteiger partial charge in [0.05, 0.1) is 18.1 Å². The molecule has 0 saturated carbocycles. The Kier molecular flexibility index (Phi) is 7.43. The van der Waals surface area contributed by atoms with Crippen molar-refractivity contribution < 1.29 is 31.9 Å². The van der Waals surface area contributed by atoms with Crippen LogP contribution in [0.3, 0.4) is 0 Å². The van der Waals surface area contributed by atoms with Gasteiger partial charge in [0.15, 0.2) is 11.3 Å². The number of hydrogen-bond acceptors (Lipinski definition) is 7. The van der Waals surface area contributed by atoms with Crippen LogP contribution in [0.2, 0.25) is 0 Å². The normalized spacial score (nSPS) is 15.2. The summed E-state index contributed by atoms with van der Waals surface area (Å²) in [7, 11) is -3.68. The summed E-state index contributed by atoms with van der Waals surface area (Å²) >= 11 is 3.14. The average Bonchev–Trinajstić information content (AvgIpc) is 3.17. The Morgan fingerprint density at radius 3 is 2.67 bits per heavy atom. The Morgan fingerprint density at radius 2 is 1.97 bits per heavy atom. The van der Waals surface area contributed by atoms with E-state index in [2.05, 4.69) is 21.2 Å². The molecule has 2 heterocycles. The topological polar surface area (TPSA) is 115 Å². The Hall–Kier alpha value is -2.47. The van der Waals surface area contributed by atoms with Gasteiger partial charge >= 0.3 is 5.97 Å². The minimum absolute atomic E-state index is 0.0618. The maximum Gasteiger partial charge on any atom is 0.331 e. The van der Waals surface area contributed by atoms with Crippen molar-refractivity contribution in [2.24, 2.45) is 0 Å². The molecule has 0 unspecified atom stereocenters. The molecule has 0 atom stereocenters. The van der Waals surface area contributed by atoms with Gasteiger partial charge in [-0.1, -0.05) is 6.07 Å². The highest BCUT2D eigenvalue weighted by molar-refractivity contribution is 9.10. The molecular formula is C19H19BrN2O7S. The van der Waals surface area contributed by atoms with Crippen molar-refractivity contribution in [3.63, 3.8) is 0 Å². The molecule has 9 nitrogen and oxygen atoms in total. The zero-order chi connectivity index (χ0) is 21.6. The molecule has 3 rings (SSSR count). The van der Waals surface area contributed by atoms with E-state index in [4.69, 9.17) is 13.9 Å². The maximum atomic E-state index is 12.7. The van der Waals surface area contributed by atoms with Crippen LogP contribution >= 0.6 is 15.9 Å². The molecule has 0 bridgehead atoms. The van der Waals surface area contributed by atoms with E-state index in [1.54, 1.807) is 18.2 Å². The third kappa shape index (κ3) is 6.02. The lowest BCUT2D eigenvalue weighted by Crippen LogP contribution is -2.40. The first-order chi connectivity index (χ1) is 14.3. The zero-order valence-corrected chi connectivity index (χ0v) is 18.1. The Balaban J connectivity index is 1.54. The summed E-state index contributed by atoms with van der Waals surface area (Å²) in [5.74, 6) is -0.874. The van der Waals surface area contributed by atoms with Crippen LogP contribution in [0, 0.1) is 0 Å². The molecule has 1 N–H and O–H groups in total. The number of morpholine rings is 1. The summed E-state index contributed by atoms with van der Waals surface area (Å²) in [6.07, 6.45) is 2.54. The number of amides is 1. The predicted octanol–water partition coefficient (Wildman–Crippen LogP) is 2.26. The number of sulfonamides is 1. The lowest BCUT2D eigenvalue weighted by Gasteiger charge is -2.26. The van der Waals surface area contributed by atoms with Crippen LogP contribution in [-0.4, -0.2) is 57.5 Å². The van der Waals surface area contributed by atoms with Crippen LogP contribution in [0.25, 0.3) is 6.08 Å². The molecule has 2 aromatic rings. The number of esters is 1. The molecule has 1 saturated heterocycles. The molecule has 0 radical (unpaired) electrons. The Labute approximate surface area is 181 Å². The van der Waals surface area contributed by atoms with Crippen molar-refractivity contribution in [3.05, 3.63) is 52.9 Å². The first-order valence-electron chi connectivity index (χ1n) is 8.92. The first kappa shape index (κ1) is 22.2. The molecular weight excluding hydrogens is 480 g/mol. The van der Waals surface area contributed by atoms with E-state index in [1.807, 2.05) is 0 Å². The highest BCUT2D eigenvalue weighted by Gasteiger charge is 2.26. The summed E-state index contributed by atoms with van der Waals surface area (Å²) in [6, 6.07) is 9.22. The fraction of sp³-hybridized carbons (Fsp3) is 0.263. The van der Waals surface area contributed by atoms with Gasteiger partial charge in [0.1, 0.15) is 5.76 Å². The van der Waals surface area contributed by atoms with Crippen molar-refractivity contribution in [2.45, 2.75) is 4.90 Å². The van der Waals surface area contributed by atoms with E-state index in [-0.39, 0.29) is 23.7 Å². The van der Waals surface area contributed by atoms with Gasteiger partial charge in [-0.25, -0.2) is 13.2 Å². The van der Waals surface area contributed by atoms with Crippen molar-refractivity contribution in [1.29, 1.82) is 0 Å². The average molecular weight is 499 g/mol. The van der Waals surface area contributed by atoms with Crippen molar-refractivity contribution >= 4 is 49.6 Å². The highest BCUT2D eigenvalue weighted by Crippen LogP contribution is 2.20. The second-order valence-electron chi connectivity index (χ2n) is 6.18. The summed E-state index contributed by atoms with van der Waals surface area (Å²) in [5.41, 5.74) is 0.279. The predicted molar refractivity (Wildman–Crippen MR) is 111 cm³/mol. The molecule has 1 amide bonds. The number of carbonyl (C=O) groups excluding carboxylic acids is 2. The second kappa shape index (κ2) is 10.0. The lowest BCUT2D eigenvalue weighted by atomic mass is 10.3. The molecule has 11 heteroatoms. The van der Waals surface area contributed by atoms with Crippen molar-refractivity contribution in [2.75, 3.05) is 38.2 Å². The van der Waals surface area contributed by atoms with E-state index < -0.39 is 28.5 Å². The van der Waals surface area contributed by atoms with Gasteiger partial charge in [-0.15, -0.1) is 0 Å². The van der Waals surface area contributed by atoms with Gasteiger partial charge in [-0.3, -0.25) is 4.79 Å². The van der Waals surface area contributed by atoms with E-state index in [0.29, 0.717) is 23.6 Å². The third-order valence-corrected chi connectivity index (χ3v) is 6.37. The van der Waals surface area contributed by atoms with Gasteiger partial charge in [-0.05, 0) is 52.3 Å². The van der Waals surface area contributed by atoms with Gasteiger partial charge in [-0.2, -0.15) is 4.31 Å². The van der Waals surface area contributed by atoms with Crippen LogP contribution in [0.4, 0.5) is 5.69 Å². The van der Waals surface area contributed by atoms with Crippen LogP contribution in [0.15, 0.2) is 56.5 Å². The van der Waals surface area contributed by atoms with Gasteiger partial charge in [0.25, 0.3) is 5.91 Å². The first-order valence-corrected chi connectivity index (χ1v) is 11.2. The van der Waals surface area contributed by atoms with E-state index in [1.165, 1.54) is 28.6 Å². The van der Waals surface area contributed by atoms with Gasteiger partial charge in [0.2, 0.25) is 10.0 Å². The minimum Gasteiger partial charge on any atom is -0.452 e. The SMILES string of the molecule is O=C(COC(=O)C=Cc1ccc(Br)o1)Nc1cccc(S(=O)(=O)N2CCOCC2)c1. The smallest absolute Gasteiger partial charge is 0.331 e. The molecule has 1 aromatic heterocycles. The second-order valence-corrected chi connectivity index (χ2v) is 8.89. The van der Waals surface area contributed by atoms with Gasteiger partial charge in [0, 0.05) is 24.9 Å². The van der Waals surface area contributed by atoms with Crippen LogP contribution in [0.1, 0.15) is 5.76 Å².